The molecule has 3 saturated heterocycles. The molecule has 3 aliphatic heterocycles. The van der Waals surface area contributed by atoms with Gasteiger partial charge in [0.15, 0.2) is 0 Å². The second-order valence-electron chi connectivity index (χ2n) is 7.13. The highest BCUT2D eigenvalue weighted by Crippen LogP contribution is 2.21. The summed E-state index contributed by atoms with van der Waals surface area (Å²) in [6.07, 6.45) is 12.8. The molecular formula is C17H33N3. The van der Waals surface area contributed by atoms with Gasteiger partial charge < -0.3 is 10.2 Å². The van der Waals surface area contributed by atoms with Crippen molar-refractivity contribution in [1.82, 2.24) is 15.1 Å². The number of nitrogens with zero attached hydrogens (tertiary/aromatic N) is 2. The number of likely N-dealkylation sites (tertiary alicyclic amines) is 2. The van der Waals surface area contributed by atoms with E-state index in [4.69, 9.17) is 0 Å². The van der Waals surface area contributed by atoms with Crippen LogP contribution in [0.5, 0.6) is 0 Å². The summed E-state index contributed by atoms with van der Waals surface area (Å²) in [5.41, 5.74) is 0. The zero-order valence-electron chi connectivity index (χ0n) is 13.2. The van der Waals surface area contributed by atoms with Crippen LogP contribution >= 0.6 is 0 Å². The fourth-order valence-electron chi connectivity index (χ4n) is 4.33. The lowest BCUT2D eigenvalue weighted by Crippen LogP contribution is -2.41. The van der Waals surface area contributed by atoms with Gasteiger partial charge in [-0.3, -0.25) is 4.90 Å². The van der Waals surface area contributed by atoms with Crippen molar-refractivity contribution >= 4 is 0 Å². The van der Waals surface area contributed by atoms with Crippen LogP contribution in [0.1, 0.15) is 57.8 Å². The largest absolute Gasteiger partial charge is 0.314 e. The van der Waals surface area contributed by atoms with Crippen LogP contribution in [-0.2, 0) is 0 Å². The molecule has 0 spiro atoms. The van der Waals surface area contributed by atoms with Gasteiger partial charge in [0.25, 0.3) is 0 Å². The number of rotatable bonds is 5. The van der Waals surface area contributed by atoms with Crippen LogP contribution in [0.3, 0.4) is 0 Å². The van der Waals surface area contributed by atoms with E-state index in [1.807, 2.05) is 0 Å². The molecule has 3 heterocycles. The zero-order chi connectivity index (χ0) is 13.6. The van der Waals surface area contributed by atoms with E-state index in [0.29, 0.717) is 0 Å². The maximum absolute atomic E-state index is 3.68. The van der Waals surface area contributed by atoms with E-state index in [-0.39, 0.29) is 0 Å². The van der Waals surface area contributed by atoms with Gasteiger partial charge in [-0.2, -0.15) is 0 Å². The van der Waals surface area contributed by atoms with Gasteiger partial charge in [-0.05, 0) is 77.7 Å². The molecular weight excluding hydrogens is 246 g/mol. The van der Waals surface area contributed by atoms with Crippen molar-refractivity contribution in [2.75, 3.05) is 39.3 Å². The van der Waals surface area contributed by atoms with Gasteiger partial charge >= 0.3 is 0 Å². The molecule has 0 aromatic rings. The third-order valence-corrected chi connectivity index (χ3v) is 5.59. The van der Waals surface area contributed by atoms with Crippen molar-refractivity contribution in [2.45, 2.75) is 69.9 Å². The Balaban J connectivity index is 1.31. The predicted octanol–water partition coefficient (Wildman–Crippen LogP) is 2.47. The summed E-state index contributed by atoms with van der Waals surface area (Å²) >= 11 is 0. The molecule has 2 unspecified atom stereocenters. The monoisotopic (exact) mass is 279 g/mol. The quantitative estimate of drug-likeness (QED) is 0.834. The topological polar surface area (TPSA) is 18.5 Å². The summed E-state index contributed by atoms with van der Waals surface area (Å²) in [7, 11) is 0. The highest BCUT2D eigenvalue weighted by atomic mass is 15.3. The summed E-state index contributed by atoms with van der Waals surface area (Å²) in [4.78, 5) is 5.49. The minimum absolute atomic E-state index is 0.823. The lowest BCUT2D eigenvalue weighted by molar-refractivity contribution is 0.161. The second kappa shape index (κ2) is 7.77. The van der Waals surface area contributed by atoms with E-state index in [9.17, 15) is 0 Å². The van der Waals surface area contributed by atoms with Crippen molar-refractivity contribution in [2.24, 2.45) is 0 Å². The van der Waals surface area contributed by atoms with Crippen LogP contribution in [0.4, 0.5) is 0 Å². The molecule has 0 aromatic carbocycles. The Morgan fingerprint density at radius 1 is 0.900 bits per heavy atom. The highest BCUT2D eigenvalue weighted by Gasteiger charge is 2.28. The average molecular weight is 279 g/mol. The Morgan fingerprint density at radius 3 is 2.60 bits per heavy atom. The Hall–Kier alpha value is -0.120. The fraction of sp³-hybridized carbons (Fsp3) is 1.00. The van der Waals surface area contributed by atoms with Gasteiger partial charge in [0.1, 0.15) is 0 Å². The molecule has 3 fully saturated rings. The van der Waals surface area contributed by atoms with E-state index < -0.39 is 0 Å². The van der Waals surface area contributed by atoms with E-state index in [1.165, 1.54) is 97.1 Å². The summed E-state index contributed by atoms with van der Waals surface area (Å²) in [6.45, 7) is 8.01. The van der Waals surface area contributed by atoms with E-state index >= 15 is 0 Å². The lowest BCUT2D eigenvalue weighted by atomic mass is 10.0. The second-order valence-corrected chi connectivity index (χ2v) is 7.13. The van der Waals surface area contributed by atoms with Crippen molar-refractivity contribution in [3.05, 3.63) is 0 Å². The first-order valence-corrected chi connectivity index (χ1v) is 9.11. The van der Waals surface area contributed by atoms with Crippen LogP contribution in [-0.4, -0.2) is 61.2 Å². The van der Waals surface area contributed by atoms with Crippen molar-refractivity contribution in [1.29, 1.82) is 0 Å². The summed E-state index contributed by atoms with van der Waals surface area (Å²) in [5.74, 6) is 0. The normalized spacial score (nSPS) is 33.6. The molecule has 0 aromatic heterocycles. The smallest absolute Gasteiger partial charge is 0.0235 e. The first kappa shape index (κ1) is 14.8. The number of piperidine rings is 2. The van der Waals surface area contributed by atoms with Gasteiger partial charge in [0.2, 0.25) is 0 Å². The minimum Gasteiger partial charge on any atom is -0.314 e. The van der Waals surface area contributed by atoms with Crippen LogP contribution in [0, 0.1) is 0 Å². The van der Waals surface area contributed by atoms with Crippen LogP contribution in [0.25, 0.3) is 0 Å². The number of hydrogen-bond donors (Lipinski definition) is 1. The first-order chi connectivity index (χ1) is 9.92. The Morgan fingerprint density at radius 2 is 1.80 bits per heavy atom. The zero-order valence-corrected chi connectivity index (χ0v) is 13.2. The number of nitrogens with one attached hydrogen (secondary N) is 1. The van der Waals surface area contributed by atoms with Gasteiger partial charge in [0.05, 0.1) is 0 Å². The fourth-order valence-corrected chi connectivity index (χ4v) is 4.33. The lowest BCUT2D eigenvalue weighted by Gasteiger charge is -2.32. The molecule has 1 N–H and O–H groups in total. The molecule has 3 nitrogen and oxygen atoms in total. The molecule has 0 aliphatic carbocycles. The highest BCUT2D eigenvalue weighted by molar-refractivity contribution is 4.85. The van der Waals surface area contributed by atoms with E-state index in [0.717, 1.165) is 12.1 Å². The molecule has 0 saturated carbocycles. The molecule has 2 atom stereocenters. The predicted molar refractivity (Wildman–Crippen MR) is 85.1 cm³/mol. The van der Waals surface area contributed by atoms with Gasteiger partial charge in [0, 0.05) is 18.6 Å². The average Bonchev–Trinajstić information content (AvgIpc) is 2.98. The molecule has 0 radical (unpaired) electrons. The number of hydrogen-bond acceptors (Lipinski definition) is 3. The maximum atomic E-state index is 3.68. The Labute approximate surface area is 125 Å². The van der Waals surface area contributed by atoms with Gasteiger partial charge in [-0.15, -0.1) is 0 Å². The third kappa shape index (κ3) is 4.19. The standard InChI is InChI=1S/C17H33N3/c1-4-12-20(13-5-1)17-9-14-19(15-17)11-6-8-16-7-2-3-10-18-16/h16-18H,1-15H2. The summed E-state index contributed by atoms with van der Waals surface area (Å²) in [6, 6.07) is 1.70. The third-order valence-electron chi connectivity index (χ3n) is 5.59. The van der Waals surface area contributed by atoms with E-state index in [1.54, 1.807) is 0 Å². The minimum atomic E-state index is 0.823. The Kier molecular flexibility index (Phi) is 5.75. The molecule has 3 heteroatoms. The molecule has 20 heavy (non-hydrogen) atoms. The molecule has 0 amide bonds. The SMILES string of the molecule is C1CCN(C2CCN(CCCC3CCCCN3)C2)CC1. The summed E-state index contributed by atoms with van der Waals surface area (Å²) < 4.78 is 0. The van der Waals surface area contributed by atoms with Crippen molar-refractivity contribution in [3.63, 3.8) is 0 Å². The molecule has 0 bridgehead atoms. The van der Waals surface area contributed by atoms with E-state index in [2.05, 4.69) is 15.1 Å². The van der Waals surface area contributed by atoms with Crippen LogP contribution < -0.4 is 5.32 Å². The van der Waals surface area contributed by atoms with Crippen molar-refractivity contribution < 1.29 is 0 Å². The van der Waals surface area contributed by atoms with Gasteiger partial charge in [-0.25, -0.2) is 0 Å². The molecule has 3 rings (SSSR count). The van der Waals surface area contributed by atoms with Crippen LogP contribution in [0.15, 0.2) is 0 Å². The Bertz CT molecular complexity index is 269. The van der Waals surface area contributed by atoms with Crippen LogP contribution in [0.2, 0.25) is 0 Å². The van der Waals surface area contributed by atoms with Gasteiger partial charge in [-0.1, -0.05) is 12.8 Å². The maximum Gasteiger partial charge on any atom is 0.0235 e. The molecule has 3 aliphatic rings. The van der Waals surface area contributed by atoms with Crippen molar-refractivity contribution in [3.8, 4) is 0 Å². The molecule has 116 valence electrons. The first-order valence-electron chi connectivity index (χ1n) is 9.11. The summed E-state index contributed by atoms with van der Waals surface area (Å²) in [5, 5.41) is 3.68.